The average Bonchev–Trinajstić information content (AvgIpc) is 2.73. The third kappa shape index (κ3) is 6.35. The zero-order valence-corrected chi connectivity index (χ0v) is 25.3. The quantitative estimate of drug-likeness (QED) is 0.208. The summed E-state index contributed by atoms with van der Waals surface area (Å²) < 4.78 is 92.1. The molecule has 0 aliphatic carbocycles. The summed E-state index contributed by atoms with van der Waals surface area (Å²) >= 11 is 0. The number of fused-ring (bicyclic) bond motifs is 1. The Labute approximate surface area is 210 Å². The molecule has 208 valence electrons. The van der Waals surface area contributed by atoms with E-state index in [-0.39, 0.29) is 22.8 Å². The molecule has 0 unspecified atom stereocenters. The molecule has 0 aromatic heterocycles. The summed E-state index contributed by atoms with van der Waals surface area (Å²) in [6.45, 7) is 18.2. The highest BCUT2D eigenvalue weighted by molar-refractivity contribution is 7.87. The van der Waals surface area contributed by atoms with Crippen LogP contribution in [0.4, 0.5) is 13.2 Å². The first kappa shape index (κ1) is 31.2. The zero-order chi connectivity index (χ0) is 27.1. The van der Waals surface area contributed by atoms with Crippen molar-refractivity contribution >= 4 is 27.0 Å². The van der Waals surface area contributed by atoms with Crippen LogP contribution in [0.15, 0.2) is 0 Å². The van der Waals surface area contributed by atoms with Crippen molar-refractivity contribution in [1.82, 2.24) is 0 Å². The van der Waals surface area contributed by atoms with Crippen molar-refractivity contribution in [2.45, 2.75) is 127 Å². The van der Waals surface area contributed by atoms with Crippen LogP contribution < -0.4 is 0 Å². The smallest absolute Gasteiger partial charge is 0.411 e. The van der Waals surface area contributed by atoms with E-state index in [0.29, 0.717) is 6.42 Å². The molecule has 2 aliphatic heterocycles. The van der Waals surface area contributed by atoms with Gasteiger partial charge in [-0.05, 0) is 18.1 Å². The Kier molecular flexibility index (Phi) is 9.47. The predicted molar refractivity (Wildman–Crippen MR) is 132 cm³/mol. The van der Waals surface area contributed by atoms with Gasteiger partial charge in [0.15, 0.2) is 8.32 Å². The summed E-state index contributed by atoms with van der Waals surface area (Å²) in [5.41, 5.74) is -5.50. The molecule has 35 heavy (non-hydrogen) atoms. The van der Waals surface area contributed by atoms with E-state index in [0.717, 1.165) is 18.1 Å². The Balaban J connectivity index is 2.37. The fourth-order valence-corrected chi connectivity index (χ4v) is 13.7. The van der Waals surface area contributed by atoms with E-state index in [1.54, 1.807) is 0 Å². The van der Waals surface area contributed by atoms with Gasteiger partial charge >= 0.3 is 24.2 Å². The van der Waals surface area contributed by atoms with Gasteiger partial charge < -0.3 is 18.0 Å². The van der Waals surface area contributed by atoms with Crippen molar-refractivity contribution in [3.8, 4) is 0 Å². The fourth-order valence-electron chi connectivity index (χ4n) is 5.38. The molecule has 0 N–H and O–H groups in total. The number of ether oxygens (including phenoxy) is 1. The first-order chi connectivity index (χ1) is 15.8. The van der Waals surface area contributed by atoms with Crippen LogP contribution in [0.1, 0.15) is 68.7 Å². The molecule has 0 spiro atoms. The van der Waals surface area contributed by atoms with Crippen LogP contribution in [0.2, 0.25) is 28.2 Å². The Morgan fingerprint density at radius 2 is 1.46 bits per heavy atom. The Morgan fingerprint density at radius 1 is 0.943 bits per heavy atom. The van der Waals surface area contributed by atoms with E-state index in [1.807, 2.05) is 20.8 Å². The maximum absolute atomic E-state index is 12.9. The molecule has 0 bridgehead atoms. The van der Waals surface area contributed by atoms with E-state index in [9.17, 15) is 21.6 Å². The number of hydrogen-bond donors (Lipinski definition) is 0. The van der Waals surface area contributed by atoms with Gasteiger partial charge in [0.05, 0.1) is 25.4 Å². The predicted octanol–water partition coefficient (Wildman–Crippen LogP) is 5.86. The van der Waals surface area contributed by atoms with Crippen LogP contribution in [0, 0.1) is 0 Å². The minimum absolute atomic E-state index is 0.221. The van der Waals surface area contributed by atoms with Crippen LogP contribution in [0.25, 0.3) is 0 Å². The van der Waals surface area contributed by atoms with Crippen molar-refractivity contribution in [3.05, 3.63) is 0 Å². The van der Waals surface area contributed by atoms with E-state index in [2.05, 4.69) is 45.7 Å². The SMILES string of the molecule is CC[Si](CC)(CC)O[C@@H]1C[C@@H]2O[Si](C(C)(C)C)(C(C)(C)C)OC[C@H]2O[C@H]1COS(=O)(=O)C(F)(F)F. The van der Waals surface area contributed by atoms with Gasteiger partial charge in [-0.25, -0.2) is 0 Å². The van der Waals surface area contributed by atoms with E-state index >= 15 is 0 Å². The van der Waals surface area contributed by atoms with Crippen LogP contribution in [-0.4, -0.2) is 68.4 Å². The number of alkyl halides is 3. The molecular weight excluding hydrogens is 521 g/mol. The molecule has 0 aromatic carbocycles. The molecule has 4 atom stereocenters. The number of rotatable bonds is 8. The van der Waals surface area contributed by atoms with Gasteiger partial charge in [-0.3, -0.25) is 4.18 Å². The summed E-state index contributed by atoms with van der Waals surface area (Å²) in [5.74, 6) is 0. The molecule has 0 amide bonds. The highest BCUT2D eigenvalue weighted by Crippen LogP contribution is 2.55. The fraction of sp³-hybridized carbons (Fsp3) is 1.00. The molecule has 2 fully saturated rings. The Morgan fingerprint density at radius 3 is 1.89 bits per heavy atom. The lowest BCUT2D eigenvalue weighted by molar-refractivity contribution is -0.202. The molecule has 2 rings (SSSR count). The minimum Gasteiger partial charge on any atom is -0.411 e. The molecular formula is C22H43F3O7SSi2. The van der Waals surface area contributed by atoms with Crippen molar-refractivity contribution < 1.29 is 43.8 Å². The second kappa shape index (κ2) is 10.6. The Hall–Kier alpha value is -0.0262. The lowest BCUT2D eigenvalue weighted by Gasteiger charge is -2.57. The van der Waals surface area contributed by atoms with Gasteiger partial charge in [0, 0.05) is 16.5 Å². The van der Waals surface area contributed by atoms with Crippen molar-refractivity contribution in [2.75, 3.05) is 13.2 Å². The summed E-state index contributed by atoms with van der Waals surface area (Å²) in [7, 11) is -10.8. The van der Waals surface area contributed by atoms with Crippen LogP contribution in [-0.2, 0) is 32.3 Å². The van der Waals surface area contributed by atoms with Gasteiger partial charge in [-0.2, -0.15) is 21.6 Å². The van der Waals surface area contributed by atoms with Gasteiger partial charge in [0.2, 0.25) is 0 Å². The summed E-state index contributed by atoms with van der Waals surface area (Å²) in [6.07, 6.45) is -2.18. The van der Waals surface area contributed by atoms with Crippen LogP contribution >= 0.6 is 0 Å². The number of halogens is 3. The van der Waals surface area contributed by atoms with Crippen molar-refractivity contribution in [2.24, 2.45) is 0 Å². The first-order valence-electron chi connectivity index (χ1n) is 12.4. The third-order valence-electron chi connectivity index (χ3n) is 7.39. The van der Waals surface area contributed by atoms with Crippen molar-refractivity contribution in [1.29, 1.82) is 0 Å². The molecule has 0 radical (unpaired) electrons. The van der Waals surface area contributed by atoms with E-state index in [4.69, 9.17) is 18.0 Å². The maximum atomic E-state index is 12.9. The lowest BCUT2D eigenvalue weighted by Crippen LogP contribution is -2.68. The number of hydrogen-bond acceptors (Lipinski definition) is 7. The van der Waals surface area contributed by atoms with Crippen LogP contribution in [0.3, 0.4) is 0 Å². The topological polar surface area (TPSA) is 80.3 Å². The van der Waals surface area contributed by atoms with Gasteiger partial charge in [0.1, 0.15) is 12.2 Å². The van der Waals surface area contributed by atoms with Crippen LogP contribution in [0.5, 0.6) is 0 Å². The minimum atomic E-state index is -5.75. The molecule has 2 heterocycles. The summed E-state index contributed by atoms with van der Waals surface area (Å²) in [6, 6.07) is 2.48. The zero-order valence-electron chi connectivity index (χ0n) is 22.5. The summed E-state index contributed by atoms with van der Waals surface area (Å²) in [5, 5.41) is -0.496. The second-order valence-corrected chi connectivity index (χ2v) is 22.7. The Bertz CT molecular complexity index is 798. The highest BCUT2D eigenvalue weighted by Gasteiger charge is 2.63. The molecule has 13 heteroatoms. The molecule has 2 saturated heterocycles. The summed E-state index contributed by atoms with van der Waals surface area (Å²) in [4.78, 5) is 0. The standard InChI is InChI=1S/C22H43F3O7SSi2/c1-10-34(11-2,12-3)31-16-13-17-19(30-18(16)14-28-33(26,27)22(23,24)25)15-29-35(32-17,20(4,5)6)21(7,8)9/h16-19H,10-15H2,1-9H3/t16-,17+,18+,19-/m1/s1. The van der Waals surface area contributed by atoms with E-state index < -0.39 is 57.4 Å². The van der Waals surface area contributed by atoms with Crippen molar-refractivity contribution in [3.63, 3.8) is 0 Å². The van der Waals surface area contributed by atoms with E-state index in [1.165, 1.54) is 0 Å². The van der Waals surface area contributed by atoms with Gasteiger partial charge in [-0.1, -0.05) is 62.3 Å². The monoisotopic (exact) mass is 564 g/mol. The molecule has 0 saturated carbocycles. The lowest BCUT2D eigenvalue weighted by atomic mass is 9.99. The first-order valence-corrected chi connectivity index (χ1v) is 18.1. The largest absolute Gasteiger partial charge is 0.523 e. The normalized spacial score (nSPS) is 28.6. The molecule has 2 aliphatic rings. The third-order valence-corrected chi connectivity index (χ3v) is 18.2. The molecule has 7 nitrogen and oxygen atoms in total. The molecule has 0 aromatic rings. The van der Waals surface area contributed by atoms with Gasteiger partial charge in [0.25, 0.3) is 0 Å². The average molecular weight is 565 g/mol. The second-order valence-electron chi connectivity index (χ2n) is 11.6. The van der Waals surface area contributed by atoms with Gasteiger partial charge in [-0.15, -0.1) is 0 Å². The maximum Gasteiger partial charge on any atom is 0.523 e. The highest BCUT2D eigenvalue weighted by atomic mass is 32.2.